The predicted molar refractivity (Wildman–Crippen MR) is 68.0 cm³/mol. The summed E-state index contributed by atoms with van der Waals surface area (Å²) in [5, 5.41) is 0. The third-order valence-electron chi connectivity index (χ3n) is 3.97. The topological polar surface area (TPSA) is 34.9 Å². The Hall–Kier alpha value is -1.12. The van der Waals surface area contributed by atoms with Crippen molar-refractivity contribution in [1.29, 1.82) is 0 Å². The van der Waals surface area contributed by atoms with Gasteiger partial charge in [0.15, 0.2) is 5.82 Å². The van der Waals surface area contributed by atoms with Crippen LogP contribution in [-0.4, -0.2) is 15.3 Å². The Morgan fingerprint density at radius 3 is 2.94 bits per heavy atom. The molecule has 1 fully saturated rings. The number of rotatable bonds is 4. The molecule has 0 spiro atoms. The Balaban J connectivity index is 2.22. The van der Waals surface area contributed by atoms with Crippen molar-refractivity contribution < 1.29 is 4.79 Å². The van der Waals surface area contributed by atoms with Gasteiger partial charge in [-0.05, 0) is 24.7 Å². The molecule has 3 heteroatoms. The quantitative estimate of drug-likeness (QED) is 0.749. The minimum atomic E-state index is 0.139. The first-order valence-corrected chi connectivity index (χ1v) is 6.61. The first-order chi connectivity index (χ1) is 8.06. The van der Waals surface area contributed by atoms with Crippen molar-refractivity contribution in [2.75, 3.05) is 0 Å². The number of ketones is 1. The molecule has 0 N–H and O–H groups in total. The number of carbonyl (C=O) groups excluding carboxylic acids is 1. The van der Waals surface area contributed by atoms with Crippen LogP contribution in [0.5, 0.6) is 0 Å². The largest absolute Gasteiger partial charge is 0.329 e. The fourth-order valence-electron chi connectivity index (χ4n) is 2.92. The molecule has 94 valence electrons. The maximum absolute atomic E-state index is 12.5. The van der Waals surface area contributed by atoms with E-state index >= 15 is 0 Å². The highest BCUT2D eigenvalue weighted by molar-refractivity contribution is 5.95. The molecule has 1 aromatic rings. The van der Waals surface area contributed by atoms with E-state index in [-0.39, 0.29) is 17.1 Å². The van der Waals surface area contributed by atoms with Gasteiger partial charge in [0.1, 0.15) is 0 Å². The zero-order chi connectivity index (χ0) is 12.5. The van der Waals surface area contributed by atoms with Crippen molar-refractivity contribution in [3.05, 3.63) is 18.2 Å². The Kier molecular flexibility index (Phi) is 3.36. The minimum Gasteiger partial charge on any atom is -0.329 e. The molecule has 1 heterocycles. The number of Topliss-reactive ketones (excluding diaryl/α,β-unsaturated/α-hetero) is 1. The zero-order valence-corrected chi connectivity index (χ0v) is 11.1. The lowest BCUT2D eigenvalue weighted by atomic mass is 9.79. The second-order valence-electron chi connectivity index (χ2n) is 5.74. The van der Waals surface area contributed by atoms with Crippen LogP contribution in [0.3, 0.4) is 0 Å². The summed E-state index contributed by atoms with van der Waals surface area (Å²) >= 11 is 0. The monoisotopic (exact) mass is 234 g/mol. The molecule has 1 aliphatic carbocycles. The molecule has 0 aliphatic heterocycles. The van der Waals surface area contributed by atoms with Crippen LogP contribution >= 0.6 is 0 Å². The lowest BCUT2D eigenvalue weighted by Gasteiger charge is -2.25. The molecule has 17 heavy (non-hydrogen) atoms. The maximum atomic E-state index is 12.5. The SMILES string of the molecule is CCCn1ccnc1C(=O)C1CCCC1(C)C. The second-order valence-corrected chi connectivity index (χ2v) is 5.74. The molecule has 0 bridgehead atoms. The van der Waals surface area contributed by atoms with Crippen molar-refractivity contribution in [2.45, 2.75) is 53.0 Å². The highest BCUT2D eigenvalue weighted by atomic mass is 16.1. The van der Waals surface area contributed by atoms with Crippen molar-refractivity contribution in [1.82, 2.24) is 9.55 Å². The summed E-state index contributed by atoms with van der Waals surface area (Å²) < 4.78 is 2.00. The first-order valence-electron chi connectivity index (χ1n) is 6.61. The van der Waals surface area contributed by atoms with E-state index in [4.69, 9.17) is 0 Å². The summed E-state index contributed by atoms with van der Waals surface area (Å²) in [7, 11) is 0. The highest BCUT2D eigenvalue weighted by Gasteiger charge is 2.40. The van der Waals surface area contributed by atoms with Gasteiger partial charge < -0.3 is 4.57 Å². The third-order valence-corrected chi connectivity index (χ3v) is 3.97. The van der Waals surface area contributed by atoms with E-state index in [1.54, 1.807) is 6.20 Å². The number of aromatic nitrogens is 2. The van der Waals surface area contributed by atoms with Gasteiger partial charge >= 0.3 is 0 Å². The van der Waals surface area contributed by atoms with Crippen LogP contribution in [0.15, 0.2) is 12.4 Å². The van der Waals surface area contributed by atoms with Crippen molar-refractivity contribution in [3.8, 4) is 0 Å². The van der Waals surface area contributed by atoms with E-state index in [9.17, 15) is 4.79 Å². The molecule has 1 unspecified atom stereocenters. The number of nitrogens with zero attached hydrogens (tertiary/aromatic N) is 2. The van der Waals surface area contributed by atoms with Crippen LogP contribution in [-0.2, 0) is 6.54 Å². The summed E-state index contributed by atoms with van der Waals surface area (Å²) in [6, 6.07) is 0. The van der Waals surface area contributed by atoms with Crippen molar-refractivity contribution in [2.24, 2.45) is 11.3 Å². The van der Waals surface area contributed by atoms with Crippen LogP contribution in [0.1, 0.15) is 57.1 Å². The summed E-state index contributed by atoms with van der Waals surface area (Å²) in [6.45, 7) is 7.41. The van der Waals surface area contributed by atoms with Crippen LogP contribution in [0.25, 0.3) is 0 Å². The zero-order valence-electron chi connectivity index (χ0n) is 11.1. The van der Waals surface area contributed by atoms with Gasteiger partial charge in [0.2, 0.25) is 5.78 Å². The van der Waals surface area contributed by atoms with E-state index in [1.807, 2.05) is 10.8 Å². The van der Waals surface area contributed by atoms with Crippen molar-refractivity contribution in [3.63, 3.8) is 0 Å². The van der Waals surface area contributed by atoms with Gasteiger partial charge in [-0.2, -0.15) is 0 Å². The molecular weight excluding hydrogens is 212 g/mol. The number of imidazole rings is 1. The lowest BCUT2D eigenvalue weighted by Crippen LogP contribution is -2.28. The summed E-state index contributed by atoms with van der Waals surface area (Å²) in [5.74, 6) is 1.05. The average molecular weight is 234 g/mol. The molecule has 1 saturated carbocycles. The predicted octanol–water partition coefficient (Wildman–Crippen LogP) is 3.30. The van der Waals surface area contributed by atoms with E-state index < -0.39 is 0 Å². The summed E-state index contributed by atoms with van der Waals surface area (Å²) in [4.78, 5) is 16.8. The van der Waals surface area contributed by atoms with Gasteiger partial charge in [-0.3, -0.25) is 4.79 Å². The summed E-state index contributed by atoms with van der Waals surface area (Å²) in [5.41, 5.74) is 0.139. The Labute approximate surface area is 103 Å². The second kappa shape index (κ2) is 4.63. The molecule has 1 aromatic heterocycles. The molecule has 1 atom stereocenters. The van der Waals surface area contributed by atoms with E-state index in [1.165, 1.54) is 0 Å². The van der Waals surface area contributed by atoms with Gasteiger partial charge in [0.05, 0.1) is 0 Å². The minimum absolute atomic E-state index is 0.139. The van der Waals surface area contributed by atoms with Crippen LogP contribution in [0, 0.1) is 11.3 Å². The Morgan fingerprint density at radius 1 is 1.59 bits per heavy atom. The molecule has 2 rings (SSSR count). The molecule has 3 nitrogen and oxygen atoms in total. The Bertz CT molecular complexity index is 406. The van der Waals surface area contributed by atoms with E-state index in [0.29, 0.717) is 5.82 Å². The molecule has 0 saturated heterocycles. The van der Waals surface area contributed by atoms with Gasteiger partial charge in [-0.25, -0.2) is 4.98 Å². The molecule has 0 radical (unpaired) electrons. The number of carbonyl (C=O) groups is 1. The molecule has 0 amide bonds. The third kappa shape index (κ3) is 2.28. The molecule has 1 aliphatic rings. The van der Waals surface area contributed by atoms with Crippen molar-refractivity contribution >= 4 is 5.78 Å². The molecule has 0 aromatic carbocycles. The fraction of sp³-hybridized carbons (Fsp3) is 0.714. The standard InChI is InChI=1S/C14H22N2O/c1-4-9-16-10-8-15-13(16)12(17)11-6-5-7-14(11,2)3/h8,10-11H,4-7,9H2,1-3H3. The number of aryl methyl sites for hydroxylation is 1. The van der Waals surface area contributed by atoms with Crippen LogP contribution in [0.2, 0.25) is 0 Å². The number of hydrogen-bond acceptors (Lipinski definition) is 2. The van der Waals surface area contributed by atoms with Gasteiger partial charge in [0.25, 0.3) is 0 Å². The Morgan fingerprint density at radius 2 is 2.35 bits per heavy atom. The lowest BCUT2D eigenvalue weighted by molar-refractivity contribution is 0.0823. The fourth-order valence-corrected chi connectivity index (χ4v) is 2.92. The smallest absolute Gasteiger partial charge is 0.201 e. The van der Waals surface area contributed by atoms with Gasteiger partial charge in [-0.15, -0.1) is 0 Å². The summed E-state index contributed by atoms with van der Waals surface area (Å²) in [6.07, 6.45) is 8.02. The van der Waals surface area contributed by atoms with E-state index in [0.717, 1.165) is 32.2 Å². The average Bonchev–Trinajstić information content (AvgIpc) is 2.84. The van der Waals surface area contributed by atoms with E-state index in [2.05, 4.69) is 25.8 Å². The normalized spacial score (nSPS) is 22.9. The van der Waals surface area contributed by atoms with Crippen LogP contribution < -0.4 is 0 Å². The maximum Gasteiger partial charge on any atom is 0.201 e. The first kappa shape index (κ1) is 12.3. The molecular formula is C14H22N2O. The van der Waals surface area contributed by atoms with Crippen LogP contribution in [0.4, 0.5) is 0 Å². The van der Waals surface area contributed by atoms with Gasteiger partial charge in [0, 0.05) is 24.9 Å². The highest BCUT2D eigenvalue weighted by Crippen LogP contribution is 2.43. The number of hydrogen-bond donors (Lipinski definition) is 0. The van der Waals surface area contributed by atoms with Gasteiger partial charge in [-0.1, -0.05) is 27.2 Å².